The lowest BCUT2D eigenvalue weighted by Gasteiger charge is -2.34. The van der Waals surface area contributed by atoms with Gasteiger partial charge in [0.15, 0.2) is 6.61 Å². The number of hydrogen-bond acceptors (Lipinski definition) is 4. The first-order valence-corrected chi connectivity index (χ1v) is 8.91. The molecule has 0 radical (unpaired) electrons. The van der Waals surface area contributed by atoms with Crippen LogP contribution in [0, 0.1) is 0 Å². The summed E-state index contributed by atoms with van der Waals surface area (Å²) >= 11 is 0. The molecule has 0 N–H and O–H groups in total. The zero-order valence-electron chi connectivity index (χ0n) is 14.8. The van der Waals surface area contributed by atoms with Crippen molar-refractivity contribution in [2.24, 2.45) is 0 Å². The van der Waals surface area contributed by atoms with Crippen molar-refractivity contribution in [2.75, 3.05) is 32.8 Å². The maximum absolute atomic E-state index is 12.4. The summed E-state index contributed by atoms with van der Waals surface area (Å²) in [5, 5.41) is 2.21. The van der Waals surface area contributed by atoms with Crippen molar-refractivity contribution in [1.29, 1.82) is 0 Å². The Morgan fingerprint density at radius 1 is 0.926 bits per heavy atom. The Morgan fingerprint density at radius 3 is 2.41 bits per heavy atom. The number of hydrogen-bond donors (Lipinski definition) is 0. The maximum Gasteiger partial charge on any atom is 0.260 e. The van der Waals surface area contributed by atoms with Crippen LogP contribution in [0.4, 0.5) is 0 Å². The molecule has 3 aromatic rings. The Balaban J connectivity index is 1.29. The van der Waals surface area contributed by atoms with Gasteiger partial charge in [-0.05, 0) is 29.0 Å². The average Bonchev–Trinajstić information content (AvgIpc) is 3.26. The third-order valence-electron chi connectivity index (χ3n) is 4.77. The highest BCUT2D eigenvalue weighted by Gasteiger charge is 2.25. The van der Waals surface area contributed by atoms with E-state index in [9.17, 15) is 9.59 Å². The molecule has 1 aromatic heterocycles. The van der Waals surface area contributed by atoms with Crippen LogP contribution in [0.5, 0.6) is 5.75 Å². The van der Waals surface area contributed by atoms with E-state index in [1.807, 2.05) is 42.5 Å². The van der Waals surface area contributed by atoms with Crippen LogP contribution in [0.15, 0.2) is 65.5 Å². The molecule has 6 heteroatoms. The Bertz CT molecular complexity index is 944. The highest BCUT2D eigenvalue weighted by atomic mass is 16.5. The number of piperazine rings is 1. The molecule has 27 heavy (non-hydrogen) atoms. The van der Waals surface area contributed by atoms with Crippen LogP contribution in [0.1, 0.15) is 10.4 Å². The summed E-state index contributed by atoms with van der Waals surface area (Å²) in [7, 11) is 0. The summed E-state index contributed by atoms with van der Waals surface area (Å²) in [4.78, 5) is 28.2. The van der Waals surface area contributed by atoms with E-state index >= 15 is 0 Å². The number of carbonyl (C=O) groups excluding carboxylic acids is 2. The van der Waals surface area contributed by atoms with Crippen LogP contribution in [-0.4, -0.2) is 54.4 Å². The van der Waals surface area contributed by atoms with Crippen molar-refractivity contribution in [3.8, 4) is 5.75 Å². The smallest absolute Gasteiger partial charge is 0.260 e. The third-order valence-corrected chi connectivity index (χ3v) is 4.77. The number of benzene rings is 2. The van der Waals surface area contributed by atoms with E-state index in [-0.39, 0.29) is 18.4 Å². The fourth-order valence-corrected chi connectivity index (χ4v) is 3.22. The Morgan fingerprint density at radius 2 is 1.67 bits per heavy atom. The van der Waals surface area contributed by atoms with Gasteiger partial charge in [0.1, 0.15) is 12.0 Å². The largest absolute Gasteiger partial charge is 0.484 e. The second-order valence-electron chi connectivity index (χ2n) is 6.48. The lowest BCUT2D eigenvalue weighted by Crippen LogP contribution is -2.51. The van der Waals surface area contributed by atoms with Crippen LogP contribution in [0.2, 0.25) is 0 Å². The number of amides is 2. The maximum atomic E-state index is 12.4. The second kappa shape index (κ2) is 7.53. The summed E-state index contributed by atoms with van der Waals surface area (Å²) in [6, 6.07) is 15.5. The summed E-state index contributed by atoms with van der Waals surface area (Å²) in [6.45, 7) is 2.01. The van der Waals surface area contributed by atoms with Gasteiger partial charge in [-0.25, -0.2) is 0 Å². The Labute approximate surface area is 156 Å². The van der Waals surface area contributed by atoms with Gasteiger partial charge in [0.05, 0.1) is 11.8 Å². The zero-order valence-corrected chi connectivity index (χ0v) is 14.8. The number of ether oxygens (including phenoxy) is 1. The summed E-state index contributed by atoms with van der Waals surface area (Å²) in [5.41, 5.74) is 0.536. The van der Waals surface area contributed by atoms with Gasteiger partial charge in [0, 0.05) is 26.2 Å². The minimum absolute atomic E-state index is 0.00594. The summed E-state index contributed by atoms with van der Waals surface area (Å²) in [5.74, 6) is 0.539. The molecule has 1 aliphatic rings. The van der Waals surface area contributed by atoms with E-state index in [0.29, 0.717) is 37.5 Å². The van der Waals surface area contributed by atoms with Gasteiger partial charge in [-0.3, -0.25) is 9.59 Å². The highest BCUT2D eigenvalue weighted by Crippen LogP contribution is 2.20. The van der Waals surface area contributed by atoms with Crippen molar-refractivity contribution >= 4 is 22.6 Å². The number of carbonyl (C=O) groups is 2. The fourth-order valence-electron chi connectivity index (χ4n) is 3.22. The molecule has 0 spiro atoms. The lowest BCUT2D eigenvalue weighted by molar-refractivity contribution is -0.134. The molecule has 4 rings (SSSR count). The molecule has 0 bridgehead atoms. The van der Waals surface area contributed by atoms with E-state index in [4.69, 9.17) is 9.15 Å². The Hall–Kier alpha value is -3.28. The van der Waals surface area contributed by atoms with Gasteiger partial charge in [-0.15, -0.1) is 0 Å². The molecule has 1 saturated heterocycles. The molecule has 138 valence electrons. The molecular formula is C21H20N2O4. The topological polar surface area (TPSA) is 63.0 Å². The van der Waals surface area contributed by atoms with E-state index < -0.39 is 0 Å². The molecule has 1 fully saturated rings. The molecule has 0 unspecified atom stereocenters. The first-order chi connectivity index (χ1) is 13.2. The minimum atomic E-state index is -0.0708. The predicted molar refractivity (Wildman–Crippen MR) is 101 cm³/mol. The van der Waals surface area contributed by atoms with Crippen LogP contribution in [0.25, 0.3) is 10.8 Å². The number of nitrogens with zero attached hydrogens (tertiary/aromatic N) is 2. The molecule has 0 aliphatic carbocycles. The van der Waals surface area contributed by atoms with E-state index in [1.165, 1.54) is 12.5 Å². The molecule has 2 aromatic carbocycles. The van der Waals surface area contributed by atoms with Crippen molar-refractivity contribution in [3.05, 3.63) is 66.6 Å². The SMILES string of the molecule is O=C(COc1ccc2ccccc2c1)N1CCN(C(=O)c2ccoc2)CC1. The van der Waals surface area contributed by atoms with Gasteiger partial charge in [-0.2, -0.15) is 0 Å². The van der Waals surface area contributed by atoms with E-state index in [2.05, 4.69) is 0 Å². The van der Waals surface area contributed by atoms with Gasteiger partial charge in [-0.1, -0.05) is 30.3 Å². The third kappa shape index (κ3) is 3.79. The van der Waals surface area contributed by atoms with Crippen molar-refractivity contribution in [3.63, 3.8) is 0 Å². The molecule has 2 heterocycles. The van der Waals surface area contributed by atoms with Crippen LogP contribution >= 0.6 is 0 Å². The summed E-state index contributed by atoms with van der Waals surface area (Å²) in [6.07, 6.45) is 2.93. The van der Waals surface area contributed by atoms with E-state index in [0.717, 1.165) is 10.8 Å². The van der Waals surface area contributed by atoms with Gasteiger partial charge in [0.2, 0.25) is 0 Å². The number of fused-ring (bicyclic) bond motifs is 1. The lowest BCUT2D eigenvalue weighted by atomic mass is 10.1. The minimum Gasteiger partial charge on any atom is -0.484 e. The quantitative estimate of drug-likeness (QED) is 0.714. The number of furan rings is 1. The van der Waals surface area contributed by atoms with Crippen molar-refractivity contribution in [2.45, 2.75) is 0 Å². The standard InChI is InChI=1S/C21H20N2O4/c24-20(15-27-19-6-5-16-3-1-2-4-17(16)13-19)22-8-10-23(11-9-22)21(25)18-7-12-26-14-18/h1-7,12-14H,8-11,15H2. The normalized spacial score (nSPS) is 14.4. The average molecular weight is 364 g/mol. The molecule has 2 amide bonds. The van der Waals surface area contributed by atoms with Crippen LogP contribution < -0.4 is 4.74 Å². The van der Waals surface area contributed by atoms with Gasteiger partial charge < -0.3 is 19.0 Å². The van der Waals surface area contributed by atoms with Crippen molar-refractivity contribution in [1.82, 2.24) is 9.80 Å². The first-order valence-electron chi connectivity index (χ1n) is 8.91. The molecular weight excluding hydrogens is 344 g/mol. The molecule has 0 atom stereocenters. The second-order valence-corrected chi connectivity index (χ2v) is 6.48. The fraction of sp³-hybridized carbons (Fsp3) is 0.238. The molecule has 0 saturated carbocycles. The van der Waals surface area contributed by atoms with Gasteiger partial charge >= 0.3 is 0 Å². The van der Waals surface area contributed by atoms with Crippen LogP contribution in [0.3, 0.4) is 0 Å². The van der Waals surface area contributed by atoms with Gasteiger partial charge in [0.25, 0.3) is 11.8 Å². The highest BCUT2D eigenvalue weighted by molar-refractivity contribution is 5.94. The number of rotatable bonds is 4. The molecule has 6 nitrogen and oxygen atoms in total. The summed E-state index contributed by atoms with van der Waals surface area (Å²) < 4.78 is 10.6. The van der Waals surface area contributed by atoms with Crippen LogP contribution in [-0.2, 0) is 4.79 Å². The molecule has 1 aliphatic heterocycles. The van der Waals surface area contributed by atoms with E-state index in [1.54, 1.807) is 15.9 Å². The first kappa shape index (κ1) is 17.1. The van der Waals surface area contributed by atoms with Crippen molar-refractivity contribution < 1.29 is 18.7 Å². The monoisotopic (exact) mass is 364 g/mol. The zero-order chi connectivity index (χ0) is 18.6. The predicted octanol–water partition coefficient (Wildman–Crippen LogP) is 2.80. The Kier molecular flexibility index (Phi) is 4.78.